The number of carboxylic acid groups (broad SMARTS) is 1. The SMILES string of the molecule is CC(C)(C)[C@@](C)(C(=O)O)N1CC[C@@H](NC(=O)OCc2ccccc2)C1=O. The fourth-order valence-corrected chi connectivity index (χ4v) is 3.01. The molecule has 7 nitrogen and oxygen atoms in total. The summed E-state index contributed by atoms with van der Waals surface area (Å²) in [5.74, 6) is -1.47. The smallest absolute Gasteiger partial charge is 0.408 e. The topological polar surface area (TPSA) is 95.9 Å². The molecule has 1 aromatic rings. The van der Waals surface area contributed by atoms with Crippen LogP contribution in [-0.2, 0) is 20.9 Å². The minimum atomic E-state index is -1.37. The van der Waals surface area contributed by atoms with Gasteiger partial charge >= 0.3 is 12.1 Å². The first-order chi connectivity index (χ1) is 12.1. The van der Waals surface area contributed by atoms with Crippen LogP contribution in [0.4, 0.5) is 4.79 Å². The average Bonchev–Trinajstić information content (AvgIpc) is 2.93. The molecule has 0 bridgehead atoms. The van der Waals surface area contributed by atoms with E-state index < -0.39 is 35.0 Å². The molecule has 0 unspecified atom stereocenters. The van der Waals surface area contributed by atoms with Crippen molar-refractivity contribution in [2.24, 2.45) is 5.41 Å². The lowest BCUT2D eigenvalue weighted by Gasteiger charge is -2.44. The number of nitrogens with one attached hydrogen (secondary N) is 1. The zero-order chi connectivity index (χ0) is 19.5. The summed E-state index contributed by atoms with van der Waals surface area (Å²) < 4.78 is 5.14. The number of likely N-dealkylation sites (tertiary alicyclic amines) is 1. The number of alkyl carbamates (subject to hydrolysis) is 1. The first kappa shape index (κ1) is 19.8. The minimum Gasteiger partial charge on any atom is -0.479 e. The fourth-order valence-electron chi connectivity index (χ4n) is 3.01. The van der Waals surface area contributed by atoms with Crippen molar-refractivity contribution in [2.75, 3.05) is 6.54 Å². The number of benzene rings is 1. The largest absolute Gasteiger partial charge is 0.479 e. The first-order valence-corrected chi connectivity index (χ1v) is 8.59. The molecule has 2 atom stereocenters. The van der Waals surface area contributed by atoms with Gasteiger partial charge in [-0.15, -0.1) is 0 Å². The van der Waals surface area contributed by atoms with Crippen molar-refractivity contribution < 1.29 is 24.2 Å². The Bertz CT molecular complexity index is 683. The Labute approximate surface area is 153 Å². The van der Waals surface area contributed by atoms with E-state index in [9.17, 15) is 19.5 Å². The molecule has 0 spiro atoms. The van der Waals surface area contributed by atoms with E-state index in [1.165, 1.54) is 4.90 Å². The first-order valence-electron chi connectivity index (χ1n) is 8.59. The molecule has 0 radical (unpaired) electrons. The number of amides is 2. The number of nitrogens with zero attached hydrogens (tertiary/aromatic N) is 1. The Balaban J connectivity index is 2.00. The van der Waals surface area contributed by atoms with Crippen LogP contribution in [0, 0.1) is 5.41 Å². The molecule has 0 aliphatic carbocycles. The van der Waals surface area contributed by atoms with Crippen LogP contribution in [0.5, 0.6) is 0 Å². The Hall–Kier alpha value is -2.57. The van der Waals surface area contributed by atoms with Gasteiger partial charge in [-0.25, -0.2) is 9.59 Å². The highest BCUT2D eigenvalue weighted by atomic mass is 16.5. The van der Waals surface area contributed by atoms with E-state index in [1.807, 2.05) is 30.3 Å². The molecule has 26 heavy (non-hydrogen) atoms. The molecule has 0 saturated carbocycles. The van der Waals surface area contributed by atoms with Crippen molar-refractivity contribution in [2.45, 2.75) is 52.3 Å². The average molecular weight is 362 g/mol. The monoisotopic (exact) mass is 362 g/mol. The quantitative estimate of drug-likeness (QED) is 0.838. The number of hydrogen-bond donors (Lipinski definition) is 2. The number of carboxylic acids is 1. The van der Waals surface area contributed by atoms with Gasteiger partial charge in [-0.2, -0.15) is 0 Å². The van der Waals surface area contributed by atoms with Gasteiger partial charge in [0.1, 0.15) is 18.2 Å². The van der Waals surface area contributed by atoms with Crippen molar-refractivity contribution in [3.8, 4) is 0 Å². The maximum absolute atomic E-state index is 12.7. The van der Waals surface area contributed by atoms with Gasteiger partial charge in [-0.05, 0) is 24.3 Å². The number of ether oxygens (including phenoxy) is 1. The molecule has 2 N–H and O–H groups in total. The molecule has 1 saturated heterocycles. The molecule has 142 valence electrons. The van der Waals surface area contributed by atoms with Gasteiger partial charge in [-0.1, -0.05) is 51.1 Å². The number of aliphatic carboxylic acids is 1. The maximum atomic E-state index is 12.7. The van der Waals surface area contributed by atoms with E-state index in [0.29, 0.717) is 6.42 Å². The van der Waals surface area contributed by atoms with E-state index in [2.05, 4.69) is 5.32 Å². The molecule has 1 fully saturated rings. The predicted molar refractivity (Wildman–Crippen MR) is 95.4 cm³/mol. The van der Waals surface area contributed by atoms with Crippen LogP contribution in [0.2, 0.25) is 0 Å². The maximum Gasteiger partial charge on any atom is 0.408 e. The standard InChI is InChI=1S/C19H26N2O5/c1-18(2,3)19(4,16(23)24)21-11-10-14(15(21)22)20-17(25)26-12-13-8-6-5-7-9-13/h5-9,14H,10-12H2,1-4H3,(H,20,25)(H,23,24)/t14-,19-/m1/s1. The summed E-state index contributed by atoms with van der Waals surface area (Å²) in [4.78, 5) is 37.9. The molecule has 1 heterocycles. The van der Waals surface area contributed by atoms with Crippen LogP contribution >= 0.6 is 0 Å². The number of carbonyl (C=O) groups excluding carboxylic acids is 2. The van der Waals surface area contributed by atoms with Crippen molar-refractivity contribution >= 4 is 18.0 Å². The van der Waals surface area contributed by atoms with Crippen LogP contribution in [0.3, 0.4) is 0 Å². The Morgan fingerprint density at radius 3 is 2.38 bits per heavy atom. The third-order valence-electron chi connectivity index (χ3n) is 5.13. The summed E-state index contributed by atoms with van der Waals surface area (Å²) in [5.41, 5.74) is -1.20. The van der Waals surface area contributed by atoms with Crippen LogP contribution in [0.15, 0.2) is 30.3 Å². The molecule has 1 aliphatic heterocycles. The lowest BCUT2D eigenvalue weighted by molar-refractivity contribution is -0.164. The van der Waals surface area contributed by atoms with Gasteiger partial charge in [0.25, 0.3) is 0 Å². The normalized spacial score (nSPS) is 19.8. The fraction of sp³-hybridized carbons (Fsp3) is 0.526. The zero-order valence-electron chi connectivity index (χ0n) is 15.6. The second-order valence-corrected chi connectivity index (χ2v) is 7.66. The highest BCUT2D eigenvalue weighted by Crippen LogP contribution is 2.38. The van der Waals surface area contributed by atoms with Crippen LogP contribution < -0.4 is 5.32 Å². The third-order valence-corrected chi connectivity index (χ3v) is 5.13. The predicted octanol–water partition coefficient (Wildman–Crippen LogP) is 2.40. The van der Waals surface area contributed by atoms with Gasteiger partial charge in [-0.3, -0.25) is 4.79 Å². The highest BCUT2D eigenvalue weighted by Gasteiger charge is 2.54. The lowest BCUT2D eigenvalue weighted by atomic mass is 9.73. The van der Waals surface area contributed by atoms with Gasteiger partial charge < -0.3 is 20.1 Å². The summed E-state index contributed by atoms with van der Waals surface area (Å²) in [6.45, 7) is 7.26. The van der Waals surface area contributed by atoms with Gasteiger partial charge in [0.2, 0.25) is 5.91 Å². The minimum absolute atomic E-state index is 0.103. The summed E-state index contributed by atoms with van der Waals surface area (Å²) in [6.07, 6.45) is -0.347. The van der Waals surface area contributed by atoms with E-state index in [1.54, 1.807) is 27.7 Å². The summed E-state index contributed by atoms with van der Waals surface area (Å²) >= 11 is 0. The van der Waals surface area contributed by atoms with E-state index >= 15 is 0 Å². The summed E-state index contributed by atoms with van der Waals surface area (Å²) in [7, 11) is 0. The van der Waals surface area contributed by atoms with Gasteiger partial charge in [0, 0.05) is 6.54 Å². The van der Waals surface area contributed by atoms with Gasteiger partial charge in [0.15, 0.2) is 0 Å². The molecule has 1 aromatic carbocycles. The number of rotatable bonds is 5. The molecule has 7 heteroatoms. The summed E-state index contributed by atoms with van der Waals surface area (Å²) in [6, 6.07) is 8.43. The zero-order valence-corrected chi connectivity index (χ0v) is 15.6. The molecule has 0 aromatic heterocycles. The van der Waals surface area contributed by atoms with Crippen LogP contribution in [0.25, 0.3) is 0 Å². The Kier molecular flexibility index (Phi) is 5.59. The third kappa shape index (κ3) is 3.81. The Morgan fingerprint density at radius 2 is 1.85 bits per heavy atom. The van der Waals surface area contributed by atoms with Crippen molar-refractivity contribution in [1.82, 2.24) is 10.2 Å². The van der Waals surface area contributed by atoms with E-state index in [4.69, 9.17) is 4.74 Å². The van der Waals surface area contributed by atoms with Crippen molar-refractivity contribution in [1.29, 1.82) is 0 Å². The van der Waals surface area contributed by atoms with Crippen molar-refractivity contribution in [3.63, 3.8) is 0 Å². The molecular weight excluding hydrogens is 336 g/mol. The molecule has 2 amide bonds. The van der Waals surface area contributed by atoms with Crippen molar-refractivity contribution in [3.05, 3.63) is 35.9 Å². The highest BCUT2D eigenvalue weighted by molar-refractivity contribution is 5.93. The van der Waals surface area contributed by atoms with Gasteiger partial charge in [0.05, 0.1) is 0 Å². The second-order valence-electron chi connectivity index (χ2n) is 7.66. The summed E-state index contributed by atoms with van der Waals surface area (Å²) in [5, 5.41) is 12.3. The molecular formula is C19H26N2O5. The molecule has 1 aliphatic rings. The lowest BCUT2D eigenvalue weighted by Crippen LogP contribution is -2.62. The second kappa shape index (κ2) is 7.35. The Morgan fingerprint density at radius 1 is 1.23 bits per heavy atom. The number of carbonyl (C=O) groups is 3. The van der Waals surface area contributed by atoms with Crippen LogP contribution in [0.1, 0.15) is 39.7 Å². The molecule has 2 rings (SSSR count). The van der Waals surface area contributed by atoms with E-state index in [0.717, 1.165) is 5.56 Å². The van der Waals surface area contributed by atoms with Crippen LogP contribution in [-0.4, -0.2) is 46.1 Å². The number of hydrogen-bond acceptors (Lipinski definition) is 4. The van der Waals surface area contributed by atoms with E-state index in [-0.39, 0.29) is 13.2 Å².